The number of hydrogen-bond acceptors (Lipinski definition) is 4. The molecule has 1 amide bonds. The Labute approximate surface area is 175 Å². The van der Waals surface area contributed by atoms with Gasteiger partial charge in [-0.15, -0.1) is 0 Å². The van der Waals surface area contributed by atoms with E-state index in [9.17, 15) is 13.2 Å². The second kappa shape index (κ2) is 9.03. The molecule has 0 aliphatic carbocycles. The van der Waals surface area contributed by atoms with Gasteiger partial charge < -0.3 is 10.1 Å². The molecule has 0 saturated heterocycles. The van der Waals surface area contributed by atoms with Crippen molar-refractivity contribution in [2.45, 2.75) is 26.3 Å². The van der Waals surface area contributed by atoms with Crippen LogP contribution in [0.5, 0.6) is 5.75 Å². The number of benzene rings is 2. The zero-order valence-electron chi connectivity index (χ0n) is 16.0. The van der Waals surface area contributed by atoms with E-state index in [0.29, 0.717) is 16.5 Å². The first-order valence-electron chi connectivity index (χ1n) is 8.48. The van der Waals surface area contributed by atoms with Gasteiger partial charge in [-0.1, -0.05) is 30.1 Å². The van der Waals surface area contributed by atoms with Crippen molar-refractivity contribution in [1.82, 2.24) is 0 Å². The number of rotatable bonds is 7. The molecular weight excluding hydrogens is 423 g/mol. The number of carbonyl (C=O) groups excluding carboxylic acids is 1. The molecule has 6 nitrogen and oxygen atoms in total. The lowest BCUT2D eigenvalue weighted by atomic mass is 10.1. The van der Waals surface area contributed by atoms with Crippen LogP contribution in [-0.4, -0.2) is 33.7 Å². The smallest absolute Gasteiger partial charge is 0.248 e. The van der Waals surface area contributed by atoms with Crippen molar-refractivity contribution >= 4 is 50.5 Å². The van der Waals surface area contributed by atoms with Crippen LogP contribution >= 0.6 is 23.2 Å². The van der Waals surface area contributed by atoms with Crippen LogP contribution in [0.25, 0.3) is 0 Å². The zero-order valence-corrected chi connectivity index (χ0v) is 18.3. The lowest BCUT2D eigenvalue weighted by Gasteiger charge is -2.30. The van der Waals surface area contributed by atoms with Crippen molar-refractivity contribution in [3.8, 4) is 5.75 Å². The molecule has 2 aromatic carbocycles. The fraction of sp³-hybridized carbons (Fsp3) is 0.316. The molecule has 9 heteroatoms. The average Bonchev–Trinajstić information content (AvgIpc) is 2.60. The minimum Gasteiger partial charge on any atom is -0.495 e. The van der Waals surface area contributed by atoms with E-state index in [2.05, 4.69) is 5.32 Å². The predicted molar refractivity (Wildman–Crippen MR) is 114 cm³/mol. The van der Waals surface area contributed by atoms with E-state index in [1.165, 1.54) is 13.2 Å². The van der Waals surface area contributed by atoms with Crippen molar-refractivity contribution in [2.75, 3.05) is 23.0 Å². The van der Waals surface area contributed by atoms with Crippen molar-refractivity contribution < 1.29 is 17.9 Å². The van der Waals surface area contributed by atoms with Crippen LogP contribution < -0.4 is 14.4 Å². The number of nitrogens with zero attached hydrogens (tertiary/aromatic N) is 1. The maximum atomic E-state index is 12.9. The van der Waals surface area contributed by atoms with Crippen molar-refractivity contribution in [2.24, 2.45) is 0 Å². The number of sulfonamides is 1. The van der Waals surface area contributed by atoms with Gasteiger partial charge in [0.2, 0.25) is 15.9 Å². The van der Waals surface area contributed by atoms with Gasteiger partial charge in [0, 0.05) is 10.7 Å². The Morgan fingerprint density at radius 3 is 2.39 bits per heavy atom. The van der Waals surface area contributed by atoms with E-state index in [1.54, 1.807) is 44.2 Å². The summed E-state index contributed by atoms with van der Waals surface area (Å²) < 4.78 is 31.2. The molecule has 0 aliphatic rings. The number of nitrogens with one attached hydrogen (secondary N) is 1. The predicted octanol–water partition coefficient (Wildman–Crippen LogP) is 4.49. The molecule has 0 radical (unpaired) electrons. The zero-order chi connectivity index (χ0) is 21.1. The highest BCUT2D eigenvalue weighted by atomic mass is 35.5. The van der Waals surface area contributed by atoms with Crippen LogP contribution in [0.3, 0.4) is 0 Å². The summed E-state index contributed by atoms with van der Waals surface area (Å²) in [5.74, 6) is -0.0431. The number of amides is 1. The largest absolute Gasteiger partial charge is 0.495 e. The van der Waals surface area contributed by atoms with Crippen LogP contribution in [0, 0.1) is 6.92 Å². The summed E-state index contributed by atoms with van der Waals surface area (Å²) in [5.41, 5.74) is 1.62. The van der Waals surface area contributed by atoms with E-state index >= 15 is 0 Å². The SMILES string of the molecule is CC[C@@H](C(=O)Nc1ccc(Cl)cc1C)N(c1ccc(OC)c(Cl)c1)S(C)(=O)=O. The van der Waals surface area contributed by atoms with Gasteiger partial charge in [0.1, 0.15) is 11.8 Å². The highest BCUT2D eigenvalue weighted by Crippen LogP contribution is 2.32. The van der Waals surface area contributed by atoms with Gasteiger partial charge in [0.25, 0.3) is 0 Å². The molecule has 0 spiro atoms. The minimum atomic E-state index is -3.77. The lowest BCUT2D eigenvalue weighted by Crippen LogP contribution is -2.47. The Morgan fingerprint density at radius 1 is 1.21 bits per heavy atom. The summed E-state index contributed by atoms with van der Waals surface area (Å²) in [4.78, 5) is 12.9. The fourth-order valence-electron chi connectivity index (χ4n) is 2.84. The highest BCUT2D eigenvalue weighted by molar-refractivity contribution is 7.92. The molecule has 0 fully saturated rings. The quantitative estimate of drug-likeness (QED) is 0.681. The van der Waals surface area contributed by atoms with Gasteiger partial charge in [-0.2, -0.15) is 0 Å². The summed E-state index contributed by atoms with van der Waals surface area (Å²) in [5, 5.41) is 3.58. The Morgan fingerprint density at radius 2 is 1.89 bits per heavy atom. The molecule has 0 aliphatic heterocycles. The van der Waals surface area contributed by atoms with Gasteiger partial charge >= 0.3 is 0 Å². The summed E-state index contributed by atoms with van der Waals surface area (Å²) >= 11 is 12.1. The van der Waals surface area contributed by atoms with Gasteiger partial charge in [-0.05, 0) is 55.3 Å². The van der Waals surface area contributed by atoms with E-state index in [4.69, 9.17) is 27.9 Å². The number of anilines is 2. The Kier molecular flexibility index (Phi) is 7.20. The van der Waals surface area contributed by atoms with Crippen molar-refractivity contribution in [3.63, 3.8) is 0 Å². The van der Waals surface area contributed by atoms with Crippen LogP contribution in [-0.2, 0) is 14.8 Å². The molecule has 0 heterocycles. The fourth-order valence-corrected chi connectivity index (χ4v) is 4.52. The standard InChI is InChI=1S/C19H22Cl2N2O4S/c1-5-17(19(24)22-16-8-6-13(20)10-12(16)2)23(28(4,25)26)14-7-9-18(27-3)15(21)11-14/h6-11,17H,5H2,1-4H3,(H,22,24)/t17-/m0/s1. The Bertz CT molecular complexity index is 980. The maximum absolute atomic E-state index is 12.9. The molecule has 0 saturated carbocycles. The van der Waals surface area contributed by atoms with E-state index in [0.717, 1.165) is 16.1 Å². The summed E-state index contributed by atoms with van der Waals surface area (Å²) in [6.07, 6.45) is 1.31. The highest BCUT2D eigenvalue weighted by Gasteiger charge is 2.32. The molecule has 152 valence electrons. The lowest BCUT2D eigenvalue weighted by molar-refractivity contribution is -0.117. The molecule has 1 N–H and O–H groups in total. The van der Waals surface area contributed by atoms with Crippen LogP contribution in [0.4, 0.5) is 11.4 Å². The average molecular weight is 445 g/mol. The topological polar surface area (TPSA) is 75.7 Å². The monoisotopic (exact) mass is 444 g/mol. The molecule has 0 bridgehead atoms. The van der Waals surface area contributed by atoms with Gasteiger partial charge in [0.15, 0.2) is 0 Å². The van der Waals surface area contributed by atoms with Crippen LogP contribution in [0.1, 0.15) is 18.9 Å². The van der Waals surface area contributed by atoms with Gasteiger partial charge in [0.05, 0.1) is 24.1 Å². The second-order valence-corrected chi connectivity index (χ2v) is 8.95. The summed E-state index contributed by atoms with van der Waals surface area (Å²) in [6, 6.07) is 8.66. The first-order chi connectivity index (χ1) is 13.1. The third-order valence-corrected chi connectivity index (χ3v) is 5.88. The first kappa shape index (κ1) is 22.3. The second-order valence-electron chi connectivity index (χ2n) is 6.25. The molecule has 0 aromatic heterocycles. The number of methoxy groups -OCH3 is 1. The third kappa shape index (κ3) is 5.10. The van der Waals surface area contributed by atoms with E-state index in [-0.39, 0.29) is 17.1 Å². The normalized spacial score (nSPS) is 12.4. The van der Waals surface area contributed by atoms with Crippen LogP contribution in [0.2, 0.25) is 10.0 Å². The summed E-state index contributed by atoms with van der Waals surface area (Å²) in [6.45, 7) is 3.54. The molecule has 1 atom stereocenters. The number of halogens is 2. The van der Waals surface area contributed by atoms with Gasteiger partial charge in [-0.25, -0.2) is 8.42 Å². The molecule has 0 unspecified atom stereocenters. The molecule has 28 heavy (non-hydrogen) atoms. The Hall–Kier alpha value is -1.96. The van der Waals surface area contributed by atoms with Crippen molar-refractivity contribution in [3.05, 3.63) is 52.0 Å². The van der Waals surface area contributed by atoms with E-state index in [1.807, 2.05) is 0 Å². The van der Waals surface area contributed by atoms with Crippen molar-refractivity contribution in [1.29, 1.82) is 0 Å². The third-order valence-electron chi connectivity index (χ3n) is 4.17. The molecular formula is C19H22Cl2N2O4S. The number of aryl methyl sites for hydroxylation is 1. The van der Waals surface area contributed by atoms with Gasteiger partial charge in [-0.3, -0.25) is 9.10 Å². The summed E-state index contributed by atoms with van der Waals surface area (Å²) in [7, 11) is -2.30. The minimum absolute atomic E-state index is 0.248. The first-order valence-corrected chi connectivity index (χ1v) is 11.1. The maximum Gasteiger partial charge on any atom is 0.248 e. The number of carbonyl (C=O) groups is 1. The van der Waals surface area contributed by atoms with Crippen LogP contribution in [0.15, 0.2) is 36.4 Å². The number of ether oxygens (including phenoxy) is 1. The number of hydrogen-bond donors (Lipinski definition) is 1. The Balaban J connectivity index is 2.42. The molecule has 2 aromatic rings. The molecule has 2 rings (SSSR count). The van der Waals surface area contributed by atoms with E-state index < -0.39 is 22.0 Å².